The number of carboxylic acids is 1. The van der Waals surface area contributed by atoms with Crippen LogP contribution in [-0.2, 0) is 33.3 Å². The predicted octanol–water partition coefficient (Wildman–Crippen LogP) is 20.4. The molecular weight excluding hydrogens is 1070 g/mol. The van der Waals surface area contributed by atoms with Gasteiger partial charge in [0.05, 0.1) is 40.3 Å². The number of hydrogen-bond donors (Lipinski definition) is 0. The molecule has 0 aliphatic carbocycles. The summed E-state index contributed by atoms with van der Waals surface area (Å²) in [4.78, 5) is 37.4. The Morgan fingerprint density at radius 2 is 0.663 bits per heavy atom. The largest absolute Gasteiger partial charge is 0.545 e. The molecule has 86 heavy (non-hydrogen) atoms. The van der Waals surface area contributed by atoms with Gasteiger partial charge >= 0.3 is 11.9 Å². The molecule has 0 spiro atoms. The van der Waals surface area contributed by atoms with Gasteiger partial charge in [-0.25, -0.2) is 0 Å². The number of allylic oxidation sites excluding steroid dienone is 22. The molecule has 2 atom stereocenters. The highest BCUT2D eigenvalue weighted by molar-refractivity contribution is 5.70. The Balaban J connectivity index is 4.17. The molecule has 0 radical (unpaired) electrons. The van der Waals surface area contributed by atoms with Crippen LogP contribution in [0.15, 0.2) is 134 Å². The number of ether oxygens (including phenoxy) is 4. The van der Waals surface area contributed by atoms with Gasteiger partial charge in [-0.1, -0.05) is 302 Å². The molecule has 0 aromatic rings. The van der Waals surface area contributed by atoms with Gasteiger partial charge in [0.1, 0.15) is 13.2 Å². The summed E-state index contributed by atoms with van der Waals surface area (Å²) >= 11 is 0. The number of quaternary nitrogens is 1. The summed E-state index contributed by atoms with van der Waals surface area (Å²) in [6.45, 7) is 4.64. The zero-order valence-electron chi connectivity index (χ0n) is 55.9. The third-order valence-electron chi connectivity index (χ3n) is 14.7. The molecule has 0 aliphatic rings. The molecular formula is C77H129NO8. The van der Waals surface area contributed by atoms with Gasteiger partial charge in [0, 0.05) is 12.8 Å². The van der Waals surface area contributed by atoms with E-state index in [9.17, 15) is 19.5 Å². The van der Waals surface area contributed by atoms with Crippen molar-refractivity contribution in [2.45, 2.75) is 289 Å². The van der Waals surface area contributed by atoms with Crippen molar-refractivity contribution in [3.63, 3.8) is 0 Å². The molecule has 0 aromatic heterocycles. The first-order chi connectivity index (χ1) is 42.1. The summed E-state index contributed by atoms with van der Waals surface area (Å²) in [6, 6.07) is 0. The van der Waals surface area contributed by atoms with Crippen molar-refractivity contribution in [3.8, 4) is 0 Å². The average Bonchev–Trinajstić information content (AvgIpc) is 3.63. The van der Waals surface area contributed by atoms with Crippen LogP contribution in [0, 0.1) is 0 Å². The predicted molar refractivity (Wildman–Crippen MR) is 366 cm³/mol. The van der Waals surface area contributed by atoms with E-state index in [1.807, 2.05) is 21.1 Å². The number of likely N-dealkylation sites (N-methyl/N-ethyl adjacent to an activating group) is 1. The number of aliphatic carboxylic acids is 1. The van der Waals surface area contributed by atoms with E-state index < -0.39 is 24.3 Å². The standard InChI is InChI=1S/C77H129NO8/c1-6-8-10-12-14-16-18-20-22-24-26-28-29-30-31-32-33-34-35-36-37-38-39-40-41-42-43-44-45-46-47-48-50-52-54-56-58-60-62-64-66-68-75(80)86-73(72-85-77(76(81)82)83-70-69-78(3,4)5)71-84-74(79)67-65-63-61-59-57-55-53-51-49-27-25-23-21-19-17-15-13-11-9-7-2/h8,10,14,16,20,22,26,28,30-31,33-34,36-37,39-40,42-43,45-46,48,50,73,77H,6-7,9,11-13,15,17-19,21,23-25,27,29,32,35,38,41,44,47,49,51-72H2,1-5H3/b10-8-,16-14-,22-20-,28-26-,31-30-,34-33-,37-36-,40-39-,43-42-,46-45-,50-48-. The third-order valence-corrected chi connectivity index (χ3v) is 14.7. The van der Waals surface area contributed by atoms with E-state index in [0.717, 1.165) is 116 Å². The second-order valence-electron chi connectivity index (χ2n) is 24.1. The Morgan fingerprint density at radius 1 is 0.360 bits per heavy atom. The van der Waals surface area contributed by atoms with Gasteiger partial charge in [-0.05, 0) is 96.3 Å². The summed E-state index contributed by atoms with van der Waals surface area (Å²) in [7, 11) is 5.92. The minimum Gasteiger partial charge on any atom is -0.545 e. The van der Waals surface area contributed by atoms with Gasteiger partial charge in [-0.2, -0.15) is 0 Å². The fraction of sp³-hybridized carbons (Fsp3) is 0.675. The van der Waals surface area contributed by atoms with Crippen LogP contribution in [0.25, 0.3) is 0 Å². The minimum absolute atomic E-state index is 0.141. The lowest BCUT2D eigenvalue weighted by atomic mass is 10.0. The zero-order valence-corrected chi connectivity index (χ0v) is 55.9. The van der Waals surface area contributed by atoms with E-state index in [-0.39, 0.29) is 38.6 Å². The van der Waals surface area contributed by atoms with Gasteiger partial charge in [0.2, 0.25) is 0 Å². The minimum atomic E-state index is -1.63. The van der Waals surface area contributed by atoms with Crippen LogP contribution in [0.1, 0.15) is 277 Å². The Kier molecular flexibility index (Phi) is 62.9. The highest BCUT2D eigenvalue weighted by Gasteiger charge is 2.22. The zero-order chi connectivity index (χ0) is 62.6. The number of unbranched alkanes of at least 4 members (excludes halogenated alkanes) is 26. The van der Waals surface area contributed by atoms with E-state index in [1.54, 1.807) is 0 Å². The first kappa shape index (κ1) is 81.4. The highest BCUT2D eigenvalue weighted by atomic mass is 16.7. The van der Waals surface area contributed by atoms with Gasteiger partial charge in [0.15, 0.2) is 12.4 Å². The number of carboxylic acid groups (broad SMARTS) is 1. The second-order valence-corrected chi connectivity index (χ2v) is 24.1. The fourth-order valence-electron chi connectivity index (χ4n) is 9.37. The number of esters is 2. The van der Waals surface area contributed by atoms with E-state index in [2.05, 4.69) is 148 Å². The third kappa shape index (κ3) is 66.9. The van der Waals surface area contributed by atoms with Gasteiger partial charge in [0.25, 0.3) is 0 Å². The van der Waals surface area contributed by atoms with Gasteiger partial charge in [-0.15, -0.1) is 0 Å². The first-order valence-corrected chi connectivity index (χ1v) is 34.8. The lowest BCUT2D eigenvalue weighted by Crippen LogP contribution is -2.44. The molecule has 0 amide bonds. The van der Waals surface area contributed by atoms with Crippen molar-refractivity contribution >= 4 is 17.9 Å². The quantitative estimate of drug-likeness (QED) is 0.0195. The van der Waals surface area contributed by atoms with Crippen molar-refractivity contribution in [1.29, 1.82) is 0 Å². The number of rotatable bonds is 63. The second kappa shape index (κ2) is 66.4. The van der Waals surface area contributed by atoms with Gasteiger partial charge in [-0.3, -0.25) is 9.59 Å². The molecule has 9 heteroatoms. The molecule has 0 heterocycles. The van der Waals surface area contributed by atoms with E-state index in [4.69, 9.17) is 18.9 Å². The Labute approximate surface area is 529 Å². The lowest BCUT2D eigenvalue weighted by Gasteiger charge is -2.26. The van der Waals surface area contributed by atoms with Crippen molar-refractivity contribution < 1.29 is 42.9 Å². The first-order valence-electron chi connectivity index (χ1n) is 34.8. The summed E-state index contributed by atoms with van der Waals surface area (Å²) in [5, 5.41) is 11.8. The molecule has 0 saturated heterocycles. The number of carbonyl (C=O) groups excluding carboxylic acids is 3. The van der Waals surface area contributed by atoms with Crippen LogP contribution in [0.5, 0.6) is 0 Å². The van der Waals surface area contributed by atoms with Crippen LogP contribution >= 0.6 is 0 Å². The lowest BCUT2D eigenvalue weighted by molar-refractivity contribution is -0.870. The normalized spacial score (nSPS) is 13.5. The topological polar surface area (TPSA) is 111 Å². The summed E-state index contributed by atoms with van der Waals surface area (Å²) in [5.74, 6) is -2.30. The molecule has 0 rings (SSSR count). The Hall–Kier alpha value is -4.57. The van der Waals surface area contributed by atoms with E-state index in [1.165, 1.54) is 128 Å². The SMILES string of the molecule is CC/C=C\C/C=C\C/C=C\C/C=C\C/C=C\C/C=C\C/C=C\C/C=C\C/C=C\C/C=C\C/C=C\CCCCCCCCCC(=O)OC(COC(=O)CCCCCCCCCCCCCCCCCCCCCC)COC(OCC[N+](C)(C)C)C(=O)[O-]. The molecule has 0 aromatic carbocycles. The fourth-order valence-corrected chi connectivity index (χ4v) is 9.37. The highest BCUT2D eigenvalue weighted by Crippen LogP contribution is 2.17. The van der Waals surface area contributed by atoms with Crippen molar-refractivity contribution in [2.24, 2.45) is 0 Å². The van der Waals surface area contributed by atoms with Crippen LogP contribution in [0.3, 0.4) is 0 Å². The molecule has 9 nitrogen and oxygen atoms in total. The monoisotopic (exact) mass is 1200 g/mol. The molecule has 2 unspecified atom stereocenters. The van der Waals surface area contributed by atoms with Crippen LogP contribution in [0.4, 0.5) is 0 Å². The molecule has 0 fully saturated rings. The number of carbonyl (C=O) groups is 3. The van der Waals surface area contributed by atoms with Gasteiger partial charge < -0.3 is 33.3 Å². The van der Waals surface area contributed by atoms with Crippen LogP contribution in [0.2, 0.25) is 0 Å². The van der Waals surface area contributed by atoms with Crippen molar-refractivity contribution in [3.05, 3.63) is 134 Å². The number of hydrogen-bond acceptors (Lipinski definition) is 8. The van der Waals surface area contributed by atoms with E-state index in [0.29, 0.717) is 17.4 Å². The molecule has 0 saturated carbocycles. The maximum Gasteiger partial charge on any atom is 0.306 e. The van der Waals surface area contributed by atoms with Crippen molar-refractivity contribution in [2.75, 3.05) is 47.5 Å². The Morgan fingerprint density at radius 3 is 0.988 bits per heavy atom. The molecule has 0 bridgehead atoms. The Bertz CT molecular complexity index is 1870. The van der Waals surface area contributed by atoms with Crippen molar-refractivity contribution in [1.82, 2.24) is 0 Å². The summed E-state index contributed by atoms with van der Waals surface area (Å²) in [5.41, 5.74) is 0. The van der Waals surface area contributed by atoms with Crippen LogP contribution < -0.4 is 5.11 Å². The molecule has 0 aliphatic heterocycles. The summed E-state index contributed by atoms with van der Waals surface area (Å²) < 4.78 is 22.8. The molecule has 0 N–H and O–H groups in total. The smallest absolute Gasteiger partial charge is 0.306 e. The maximum absolute atomic E-state index is 12.9. The maximum atomic E-state index is 12.9. The van der Waals surface area contributed by atoms with E-state index >= 15 is 0 Å². The summed E-state index contributed by atoms with van der Waals surface area (Å²) in [6.07, 6.45) is 92.4. The average molecular weight is 1200 g/mol. The van der Waals surface area contributed by atoms with Crippen LogP contribution in [-0.4, -0.2) is 82.3 Å². The molecule has 490 valence electrons. The number of nitrogens with zero attached hydrogens (tertiary/aromatic N) is 1.